The molecule has 6 nitrogen and oxygen atoms in total. The molecule has 1 amide bonds. The summed E-state index contributed by atoms with van der Waals surface area (Å²) in [6, 6.07) is 13.1. The van der Waals surface area contributed by atoms with Crippen LogP contribution in [0.5, 0.6) is 11.5 Å². The lowest BCUT2D eigenvalue weighted by molar-refractivity contribution is -0.123. The van der Waals surface area contributed by atoms with E-state index >= 15 is 0 Å². The maximum Gasteiger partial charge on any atom is 0.220 e. The van der Waals surface area contributed by atoms with Crippen LogP contribution in [0.25, 0.3) is 11.1 Å². The summed E-state index contributed by atoms with van der Waals surface area (Å²) < 4.78 is 11.2. The summed E-state index contributed by atoms with van der Waals surface area (Å²) in [5.41, 5.74) is 7.14. The van der Waals surface area contributed by atoms with Crippen molar-refractivity contribution in [2.24, 2.45) is 11.7 Å². The third kappa shape index (κ3) is 5.85. The number of amides is 1. The first-order valence-corrected chi connectivity index (χ1v) is 10.1. The van der Waals surface area contributed by atoms with E-state index in [-0.39, 0.29) is 18.4 Å². The van der Waals surface area contributed by atoms with Crippen LogP contribution in [-0.2, 0) is 4.79 Å². The number of β-amino-alcohol motifs (C(OH)–C–C–N with tert-alkyl or cyclic N) is 1. The number of hydrogen-bond donors (Lipinski definition) is 2. The number of rotatable bonds is 8. The molecule has 7 heteroatoms. The highest BCUT2D eigenvalue weighted by Crippen LogP contribution is 2.33. The molecule has 1 aliphatic rings. The van der Waals surface area contributed by atoms with E-state index in [0.717, 1.165) is 37.1 Å². The number of carbonyl (C=O) groups is 1. The maximum absolute atomic E-state index is 11.3. The number of primary amides is 1. The highest BCUT2D eigenvalue weighted by atomic mass is 35.5. The molecule has 1 unspecified atom stereocenters. The second-order valence-corrected chi connectivity index (χ2v) is 7.73. The maximum atomic E-state index is 11.3. The Bertz CT molecular complexity index is 837. The monoisotopic (exact) mass is 418 g/mol. The largest absolute Gasteiger partial charge is 0.497 e. The third-order valence-electron chi connectivity index (χ3n) is 5.20. The minimum Gasteiger partial charge on any atom is -0.497 e. The lowest BCUT2D eigenvalue weighted by Gasteiger charge is -2.31. The Morgan fingerprint density at radius 1 is 1.24 bits per heavy atom. The molecule has 0 saturated carbocycles. The first-order chi connectivity index (χ1) is 14.0. The van der Waals surface area contributed by atoms with Gasteiger partial charge in [0.1, 0.15) is 24.2 Å². The Kier molecular flexibility index (Phi) is 7.36. The number of nitrogens with zero attached hydrogens (tertiary/aromatic N) is 1. The van der Waals surface area contributed by atoms with Crippen LogP contribution >= 0.6 is 11.6 Å². The number of ether oxygens (including phenoxy) is 2. The summed E-state index contributed by atoms with van der Waals surface area (Å²) in [7, 11) is 1.60. The average molecular weight is 419 g/mol. The van der Waals surface area contributed by atoms with E-state index in [1.54, 1.807) is 13.2 Å². The van der Waals surface area contributed by atoms with Crippen molar-refractivity contribution in [1.82, 2.24) is 4.90 Å². The fourth-order valence-corrected chi connectivity index (χ4v) is 3.81. The van der Waals surface area contributed by atoms with Crippen LogP contribution in [0, 0.1) is 5.92 Å². The number of aliphatic hydroxyl groups excluding tert-OH is 1. The molecule has 0 aliphatic carbocycles. The number of piperidine rings is 1. The molecule has 1 aliphatic heterocycles. The summed E-state index contributed by atoms with van der Waals surface area (Å²) in [5, 5.41) is 11.0. The summed E-state index contributed by atoms with van der Waals surface area (Å²) in [5.74, 6) is 0.965. The van der Waals surface area contributed by atoms with Crippen LogP contribution in [-0.4, -0.2) is 55.4 Å². The third-order valence-corrected chi connectivity index (χ3v) is 5.53. The molecule has 2 aromatic carbocycles. The summed E-state index contributed by atoms with van der Waals surface area (Å²) >= 11 is 6.32. The highest BCUT2D eigenvalue weighted by molar-refractivity contribution is 6.33. The van der Waals surface area contributed by atoms with Crippen molar-refractivity contribution in [3.63, 3.8) is 0 Å². The number of aliphatic hydroxyl groups is 1. The number of likely N-dealkylation sites (tertiary alicyclic amines) is 1. The van der Waals surface area contributed by atoms with Gasteiger partial charge in [0.15, 0.2) is 0 Å². The lowest BCUT2D eigenvalue weighted by Crippen LogP contribution is -2.43. The van der Waals surface area contributed by atoms with Crippen LogP contribution in [0.4, 0.5) is 0 Å². The van der Waals surface area contributed by atoms with Gasteiger partial charge in [-0.3, -0.25) is 4.79 Å². The first-order valence-electron chi connectivity index (χ1n) is 9.72. The molecule has 156 valence electrons. The topological polar surface area (TPSA) is 85.0 Å². The number of methoxy groups -OCH3 is 1. The van der Waals surface area contributed by atoms with E-state index in [1.165, 1.54) is 0 Å². The zero-order chi connectivity index (χ0) is 20.8. The second kappa shape index (κ2) is 9.96. The Morgan fingerprint density at radius 2 is 1.93 bits per heavy atom. The molecule has 3 rings (SSSR count). The van der Waals surface area contributed by atoms with Gasteiger partial charge in [0.25, 0.3) is 0 Å². The van der Waals surface area contributed by atoms with Gasteiger partial charge in [-0.2, -0.15) is 0 Å². The Labute approximate surface area is 176 Å². The van der Waals surface area contributed by atoms with Crippen molar-refractivity contribution in [1.29, 1.82) is 0 Å². The minimum atomic E-state index is -0.643. The smallest absolute Gasteiger partial charge is 0.220 e. The van der Waals surface area contributed by atoms with Gasteiger partial charge in [-0.25, -0.2) is 0 Å². The molecule has 29 heavy (non-hydrogen) atoms. The Morgan fingerprint density at radius 3 is 2.59 bits per heavy atom. The molecule has 1 atom stereocenters. The zero-order valence-corrected chi connectivity index (χ0v) is 17.3. The van der Waals surface area contributed by atoms with Crippen molar-refractivity contribution in [3.05, 3.63) is 47.5 Å². The molecule has 1 heterocycles. The van der Waals surface area contributed by atoms with E-state index in [2.05, 4.69) is 4.90 Å². The van der Waals surface area contributed by atoms with E-state index in [4.69, 9.17) is 26.8 Å². The standard InChI is InChI=1S/C22H27ClN2O4/c1-28-18-10-16(20-4-2-3-5-21(20)23)11-19(12-18)29-14-17(26)13-25-8-6-15(7-9-25)22(24)27/h2-5,10-12,15,17,26H,6-9,13-14H2,1H3,(H2,24,27). The van der Waals surface area contributed by atoms with E-state index in [1.807, 2.05) is 36.4 Å². The van der Waals surface area contributed by atoms with Crippen LogP contribution in [0.1, 0.15) is 12.8 Å². The van der Waals surface area contributed by atoms with Gasteiger partial charge in [0, 0.05) is 29.1 Å². The van der Waals surface area contributed by atoms with Gasteiger partial charge >= 0.3 is 0 Å². The average Bonchev–Trinajstić information content (AvgIpc) is 2.72. The summed E-state index contributed by atoms with van der Waals surface area (Å²) in [4.78, 5) is 13.4. The normalized spacial score (nSPS) is 16.4. The van der Waals surface area contributed by atoms with Crippen molar-refractivity contribution in [3.8, 4) is 22.6 Å². The highest BCUT2D eigenvalue weighted by Gasteiger charge is 2.24. The van der Waals surface area contributed by atoms with Gasteiger partial charge in [0.05, 0.1) is 7.11 Å². The first kappa shape index (κ1) is 21.4. The minimum absolute atomic E-state index is 0.0559. The number of carbonyl (C=O) groups excluding carboxylic acids is 1. The molecule has 0 radical (unpaired) electrons. The summed E-state index contributed by atoms with van der Waals surface area (Å²) in [6.07, 6.45) is 0.829. The molecule has 0 bridgehead atoms. The van der Waals surface area contributed by atoms with Crippen LogP contribution < -0.4 is 15.2 Å². The van der Waals surface area contributed by atoms with Crippen LogP contribution in [0.2, 0.25) is 5.02 Å². The van der Waals surface area contributed by atoms with Crippen LogP contribution in [0.3, 0.4) is 0 Å². The Balaban J connectivity index is 1.59. The van der Waals surface area contributed by atoms with Gasteiger partial charge in [0.2, 0.25) is 5.91 Å². The second-order valence-electron chi connectivity index (χ2n) is 7.32. The van der Waals surface area contributed by atoms with Gasteiger partial charge < -0.3 is 25.2 Å². The SMILES string of the molecule is COc1cc(OCC(O)CN2CCC(C(N)=O)CC2)cc(-c2ccccc2Cl)c1. The van der Waals surface area contributed by atoms with E-state index < -0.39 is 6.10 Å². The van der Waals surface area contributed by atoms with Crippen molar-refractivity contribution in [2.45, 2.75) is 18.9 Å². The van der Waals surface area contributed by atoms with Crippen molar-refractivity contribution >= 4 is 17.5 Å². The van der Waals surface area contributed by atoms with Crippen molar-refractivity contribution < 1.29 is 19.4 Å². The molecular weight excluding hydrogens is 392 g/mol. The molecule has 1 fully saturated rings. The molecule has 0 spiro atoms. The molecule has 3 N–H and O–H groups in total. The van der Waals surface area contributed by atoms with Crippen LogP contribution in [0.15, 0.2) is 42.5 Å². The molecule has 2 aromatic rings. The lowest BCUT2D eigenvalue weighted by atomic mass is 9.96. The fraction of sp³-hybridized carbons (Fsp3) is 0.409. The number of halogens is 1. The Hall–Kier alpha value is -2.28. The molecular formula is C22H27ClN2O4. The quantitative estimate of drug-likeness (QED) is 0.688. The molecule has 1 saturated heterocycles. The zero-order valence-electron chi connectivity index (χ0n) is 16.5. The van der Waals surface area contributed by atoms with E-state index in [9.17, 15) is 9.90 Å². The van der Waals surface area contributed by atoms with E-state index in [0.29, 0.717) is 23.1 Å². The predicted molar refractivity (Wildman–Crippen MR) is 113 cm³/mol. The molecule has 0 aromatic heterocycles. The van der Waals surface area contributed by atoms with Crippen molar-refractivity contribution in [2.75, 3.05) is 33.4 Å². The number of nitrogens with two attached hydrogens (primary N) is 1. The van der Waals surface area contributed by atoms with Gasteiger partial charge in [-0.15, -0.1) is 0 Å². The predicted octanol–water partition coefficient (Wildman–Crippen LogP) is 2.95. The summed E-state index contributed by atoms with van der Waals surface area (Å²) in [6.45, 7) is 2.15. The van der Waals surface area contributed by atoms with Gasteiger partial charge in [-0.1, -0.05) is 29.8 Å². The number of hydrogen-bond acceptors (Lipinski definition) is 5. The van der Waals surface area contributed by atoms with Gasteiger partial charge in [-0.05, 0) is 49.7 Å². The number of benzene rings is 2. The fourth-order valence-electron chi connectivity index (χ4n) is 3.57.